The van der Waals surface area contributed by atoms with Crippen molar-refractivity contribution in [3.8, 4) is 0 Å². The fourth-order valence-electron chi connectivity index (χ4n) is 5.69. The van der Waals surface area contributed by atoms with Gasteiger partial charge in [-0.15, -0.1) is 0 Å². The maximum atomic E-state index is 2.39. The molecule has 2 radical (unpaired) electrons. The molecule has 0 bridgehead atoms. The van der Waals surface area contributed by atoms with Gasteiger partial charge >= 0.3 is 26.2 Å². The quantitative estimate of drug-likeness (QED) is 0.533. The van der Waals surface area contributed by atoms with Crippen LogP contribution in [0.2, 0.25) is 0 Å². The first-order chi connectivity index (χ1) is 14.9. The maximum Gasteiger partial charge on any atom is 2.00 e. The Balaban J connectivity index is 0.000000214. The van der Waals surface area contributed by atoms with Crippen LogP contribution in [0.25, 0.3) is 12.2 Å². The van der Waals surface area contributed by atoms with E-state index in [1.165, 1.54) is 86.5 Å². The molecule has 4 aliphatic carbocycles. The third kappa shape index (κ3) is 7.19. The van der Waals surface area contributed by atoms with Gasteiger partial charge in [-0.05, 0) is 59.8 Å². The summed E-state index contributed by atoms with van der Waals surface area (Å²) in [4.78, 5) is 0. The Morgan fingerprint density at radius 2 is 0.788 bits per heavy atom. The zero-order chi connectivity index (χ0) is 20.2. The van der Waals surface area contributed by atoms with Gasteiger partial charge in [-0.1, -0.05) is 110 Å². The van der Waals surface area contributed by atoms with Crippen molar-refractivity contribution in [1.29, 1.82) is 0 Å². The summed E-state index contributed by atoms with van der Waals surface area (Å²) in [5, 5.41) is 0. The first-order valence-corrected chi connectivity index (χ1v) is 12.2. The third-order valence-corrected chi connectivity index (χ3v) is 7.43. The van der Waals surface area contributed by atoms with E-state index in [-0.39, 0.29) is 51.0 Å². The summed E-state index contributed by atoms with van der Waals surface area (Å²) in [7, 11) is 0. The van der Waals surface area contributed by atoms with Crippen LogP contribution in [0.1, 0.15) is 86.5 Å². The molecule has 0 aliphatic heterocycles. The molecular weight excluding hydrogens is 522 g/mol. The molecule has 2 aromatic rings. The molecule has 0 atom stereocenters. The van der Waals surface area contributed by atoms with Gasteiger partial charge in [0.15, 0.2) is 0 Å². The van der Waals surface area contributed by atoms with Crippen LogP contribution in [0.15, 0.2) is 59.7 Å². The van der Waals surface area contributed by atoms with Crippen LogP contribution in [0.5, 0.6) is 0 Å². The molecule has 0 aromatic heterocycles. The van der Waals surface area contributed by atoms with E-state index >= 15 is 0 Å². The Morgan fingerprint density at radius 1 is 0.455 bits per heavy atom. The summed E-state index contributed by atoms with van der Waals surface area (Å²) in [5.41, 5.74) is 8.82. The van der Waals surface area contributed by atoms with Gasteiger partial charge in [-0.3, -0.25) is 0 Å². The van der Waals surface area contributed by atoms with Crippen molar-refractivity contribution in [2.24, 2.45) is 11.8 Å². The van der Waals surface area contributed by atoms with Gasteiger partial charge < -0.3 is 24.8 Å². The molecule has 0 heterocycles. The molecule has 2 aromatic carbocycles. The summed E-state index contributed by atoms with van der Waals surface area (Å²) >= 11 is 0. The number of halogens is 2. The van der Waals surface area contributed by atoms with Crippen molar-refractivity contribution in [2.45, 2.75) is 64.2 Å². The molecule has 0 unspecified atom stereocenters. The Hall–Kier alpha value is -0.617. The molecule has 4 aliphatic rings. The van der Waals surface area contributed by atoms with Crippen LogP contribution in [0.3, 0.4) is 0 Å². The van der Waals surface area contributed by atoms with E-state index in [0.717, 1.165) is 11.8 Å². The fraction of sp³-hybridized carbons (Fsp3) is 0.400. The van der Waals surface area contributed by atoms with Crippen molar-refractivity contribution in [3.63, 3.8) is 0 Å². The van der Waals surface area contributed by atoms with E-state index in [1.807, 2.05) is 0 Å². The summed E-state index contributed by atoms with van der Waals surface area (Å²) < 4.78 is 0. The second-order valence-electron chi connectivity index (χ2n) is 9.51. The topological polar surface area (TPSA) is 0 Å². The molecule has 33 heavy (non-hydrogen) atoms. The van der Waals surface area contributed by atoms with E-state index in [0.29, 0.717) is 0 Å². The standard InChI is InChI=1S/2C15H17.2ClH.Zr/c2*1-2-6-12(7-3-1)15-10-13-8-4-5-9-14(13)11-15;;;/h2*4-5,8-12H,1-3,6-7H2;2*1H;/q;;;;+2/p-2. The molecule has 6 rings (SSSR count). The molecule has 0 saturated heterocycles. The molecule has 0 amide bonds. The predicted octanol–water partition coefficient (Wildman–Crippen LogP) is 2.44. The molecule has 2 saturated carbocycles. The summed E-state index contributed by atoms with van der Waals surface area (Å²) in [6.45, 7) is 0. The van der Waals surface area contributed by atoms with Crippen LogP contribution in [0.4, 0.5) is 0 Å². The van der Waals surface area contributed by atoms with Crippen molar-refractivity contribution >= 4 is 12.2 Å². The summed E-state index contributed by atoms with van der Waals surface area (Å²) in [6.07, 6.45) is 23.7. The predicted molar refractivity (Wildman–Crippen MR) is 129 cm³/mol. The van der Waals surface area contributed by atoms with Crippen molar-refractivity contribution in [2.75, 3.05) is 0 Å². The van der Waals surface area contributed by atoms with Gasteiger partial charge in [0, 0.05) is 12.8 Å². The smallest absolute Gasteiger partial charge is 1.00 e. The second-order valence-corrected chi connectivity index (χ2v) is 9.51. The van der Waals surface area contributed by atoms with Gasteiger partial charge in [0.2, 0.25) is 0 Å². The Kier molecular flexibility index (Phi) is 12.2. The zero-order valence-electron chi connectivity index (χ0n) is 19.4. The van der Waals surface area contributed by atoms with Gasteiger partial charge in [0.05, 0.1) is 0 Å². The van der Waals surface area contributed by atoms with E-state index in [1.54, 1.807) is 11.1 Å². The average Bonchev–Trinajstić information content (AvgIpc) is 3.45. The SMILES string of the molecule is [CH]1C(C2CCCCC2)=Cc2ccccc21.[CH]1C(C2CCCCC2)=Cc2ccccc21.[Cl-].[Cl-].[Zr+2]. The Morgan fingerprint density at radius 3 is 1.12 bits per heavy atom. The Bertz CT molecular complexity index is 856. The van der Waals surface area contributed by atoms with Crippen LogP contribution in [0, 0.1) is 24.7 Å². The van der Waals surface area contributed by atoms with Crippen molar-refractivity contribution in [1.82, 2.24) is 0 Å². The van der Waals surface area contributed by atoms with Gasteiger partial charge in [-0.2, -0.15) is 0 Å². The minimum absolute atomic E-state index is 0. The van der Waals surface area contributed by atoms with E-state index < -0.39 is 0 Å². The molecule has 3 heteroatoms. The minimum atomic E-state index is 0. The average molecular weight is 557 g/mol. The number of benzene rings is 2. The van der Waals surface area contributed by atoms with Gasteiger partial charge in [-0.25, -0.2) is 0 Å². The van der Waals surface area contributed by atoms with E-state index in [2.05, 4.69) is 73.5 Å². The van der Waals surface area contributed by atoms with Crippen LogP contribution in [-0.4, -0.2) is 0 Å². The van der Waals surface area contributed by atoms with Crippen molar-refractivity contribution < 1.29 is 51.0 Å². The number of hydrogen-bond acceptors (Lipinski definition) is 0. The second kappa shape index (κ2) is 14.1. The number of hydrogen-bond donors (Lipinski definition) is 0. The van der Waals surface area contributed by atoms with Gasteiger partial charge in [0.1, 0.15) is 0 Å². The molecule has 172 valence electrons. The van der Waals surface area contributed by atoms with Crippen LogP contribution >= 0.6 is 0 Å². The normalized spacial score (nSPS) is 19.3. The number of fused-ring (bicyclic) bond motifs is 2. The fourth-order valence-corrected chi connectivity index (χ4v) is 5.69. The Labute approximate surface area is 232 Å². The third-order valence-electron chi connectivity index (χ3n) is 7.43. The van der Waals surface area contributed by atoms with Gasteiger partial charge in [0.25, 0.3) is 0 Å². The van der Waals surface area contributed by atoms with E-state index in [9.17, 15) is 0 Å². The van der Waals surface area contributed by atoms with E-state index in [4.69, 9.17) is 0 Å². The molecule has 0 nitrogen and oxygen atoms in total. The number of rotatable bonds is 2. The zero-order valence-corrected chi connectivity index (χ0v) is 23.4. The monoisotopic (exact) mass is 554 g/mol. The maximum absolute atomic E-state index is 2.39. The first-order valence-electron chi connectivity index (χ1n) is 12.2. The minimum Gasteiger partial charge on any atom is -1.00 e. The molecule has 0 N–H and O–H groups in total. The summed E-state index contributed by atoms with van der Waals surface area (Å²) in [5.74, 6) is 1.68. The molecule has 2 fully saturated rings. The largest absolute Gasteiger partial charge is 2.00 e. The molecule has 0 spiro atoms. The van der Waals surface area contributed by atoms with Crippen molar-refractivity contribution in [3.05, 3.63) is 94.8 Å². The summed E-state index contributed by atoms with van der Waals surface area (Å²) in [6, 6.07) is 17.4. The van der Waals surface area contributed by atoms with Crippen LogP contribution in [-0.2, 0) is 26.2 Å². The van der Waals surface area contributed by atoms with Crippen LogP contribution < -0.4 is 24.8 Å². The molecular formula is C30H34Cl2Zr. The first kappa shape index (κ1) is 28.6. The number of allylic oxidation sites excluding steroid dienone is 2.